The van der Waals surface area contributed by atoms with E-state index in [1.807, 2.05) is 29.5 Å². The molecule has 3 nitrogen and oxygen atoms in total. The lowest BCUT2D eigenvalue weighted by Crippen LogP contribution is -1.96. The number of pyridine rings is 1. The first-order chi connectivity index (χ1) is 33.2. The average molecular weight is 872 g/mol. The third kappa shape index (κ3) is 7.80. The van der Waals surface area contributed by atoms with Crippen molar-refractivity contribution in [1.29, 1.82) is 0 Å². The zero-order chi connectivity index (χ0) is 44.5. The van der Waals surface area contributed by atoms with Gasteiger partial charge in [0.05, 0.1) is 22.6 Å². The van der Waals surface area contributed by atoms with Crippen LogP contribution < -0.4 is 0 Å². The van der Waals surface area contributed by atoms with Gasteiger partial charge in [0.1, 0.15) is 0 Å². The van der Waals surface area contributed by atoms with Crippen LogP contribution in [0, 0.1) is 0 Å². The molecule has 0 unspecified atom stereocenters. The summed E-state index contributed by atoms with van der Waals surface area (Å²) in [5.41, 5.74) is 18.2. The van der Waals surface area contributed by atoms with Gasteiger partial charge in [0.15, 0.2) is 5.82 Å². The maximum Gasteiger partial charge on any atom is 0.160 e. The fraction of sp³-hybridized carbons (Fsp3) is 0. The molecule has 0 bridgehead atoms. The Morgan fingerprint density at radius 3 is 1.34 bits per heavy atom. The second-order valence-electron chi connectivity index (χ2n) is 16.7. The number of para-hydroxylation sites is 1. The van der Waals surface area contributed by atoms with Gasteiger partial charge in [0.25, 0.3) is 0 Å². The van der Waals surface area contributed by atoms with Crippen molar-refractivity contribution in [2.24, 2.45) is 0 Å². The number of hydrogen-bond donors (Lipinski definition) is 0. The Labute approximate surface area is 394 Å². The van der Waals surface area contributed by atoms with Crippen LogP contribution in [0.15, 0.2) is 249 Å². The van der Waals surface area contributed by atoms with Crippen molar-refractivity contribution < 1.29 is 0 Å². The Morgan fingerprint density at radius 1 is 0.284 bits per heavy atom. The van der Waals surface area contributed by atoms with Crippen molar-refractivity contribution in [3.05, 3.63) is 249 Å². The van der Waals surface area contributed by atoms with Crippen LogP contribution in [0.3, 0.4) is 0 Å². The van der Waals surface area contributed by atoms with Crippen LogP contribution in [0.1, 0.15) is 0 Å². The van der Waals surface area contributed by atoms with Gasteiger partial charge >= 0.3 is 0 Å². The SMILES string of the molecule is c1ccc(-c2cccc(-c3cc(-c4ccc(-c5sc6c(c(-c7ccccc7)nc7ccccc76)c5-c5cc(-c6ccccc6)cc(-c6ccccc6)c5)cc4)nc(-c4ccccc4)n3)c2)cc1. The third-order valence-corrected chi connectivity index (χ3v) is 13.7. The molecule has 0 saturated carbocycles. The fourth-order valence-corrected chi connectivity index (χ4v) is 10.5. The van der Waals surface area contributed by atoms with Gasteiger partial charge in [-0.1, -0.05) is 212 Å². The highest BCUT2D eigenvalue weighted by atomic mass is 32.1. The van der Waals surface area contributed by atoms with Crippen LogP contribution in [0.25, 0.3) is 121 Å². The first-order valence-corrected chi connectivity index (χ1v) is 23.4. The van der Waals surface area contributed by atoms with E-state index in [2.05, 4.69) is 231 Å². The Bertz CT molecular complexity index is 3640. The number of thiophene rings is 1. The second kappa shape index (κ2) is 17.4. The number of hydrogen-bond acceptors (Lipinski definition) is 4. The predicted octanol–water partition coefficient (Wildman–Crippen LogP) is 17.2. The van der Waals surface area contributed by atoms with Crippen molar-refractivity contribution in [1.82, 2.24) is 15.0 Å². The number of benzene rings is 9. The molecule has 0 atom stereocenters. The molecule has 0 spiro atoms. The lowest BCUT2D eigenvalue weighted by molar-refractivity contribution is 1.18. The van der Waals surface area contributed by atoms with E-state index < -0.39 is 0 Å². The summed E-state index contributed by atoms with van der Waals surface area (Å²) in [6, 6.07) is 88.2. The van der Waals surface area contributed by atoms with Crippen LogP contribution >= 0.6 is 11.3 Å². The fourth-order valence-electron chi connectivity index (χ4n) is 9.18. The van der Waals surface area contributed by atoms with Crippen molar-refractivity contribution in [3.8, 4) is 100 Å². The Morgan fingerprint density at radius 2 is 0.731 bits per heavy atom. The van der Waals surface area contributed by atoms with E-state index in [-0.39, 0.29) is 0 Å². The van der Waals surface area contributed by atoms with E-state index in [9.17, 15) is 0 Å². The molecule has 314 valence electrons. The van der Waals surface area contributed by atoms with Crippen LogP contribution in [0.5, 0.6) is 0 Å². The number of rotatable bonds is 9. The number of fused-ring (bicyclic) bond motifs is 3. The quantitative estimate of drug-likeness (QED) is 0.145. The van der Waals surface area contributed by atoms with Crippen LogP contribution in [0.4, 0.5) is 0 Å². The van der Waals surface area contributed by atoms with Gasteiger partial charge in [-0.15, -0.1) is 11.3 Å². The van der Waals surface area contributed by atoms with Gasteiger partial charge in [-0.05, 0) is 80.9 Å². The van der Waals surface area contributed by atoms with E-state index in [1.165, 1.54) is 31.8 Å². The summed E-state index contributed by atoms with van der Waals surface area (Å²) in [5.74, 6) is 0.689. The standard InChI is InChI=1S/C63H41N3S/c1-6-19-42(20-7-1)49-29-18-30-50(37-49)57-41-56(65-63(66-57)48-27-14-5-15-28-48)45-33-35-47(36-34-45)61-58(53-39-51(43-21-8-2-9-22-43)38-52(40-53)44-23-10-3-11-24-44)59-60(46-25-12-4-13-26-46)64-55-32-17-16-31-54(55)62(59)67-61/h1-41H. The second-order valence-corrected chi connectivity index (χ2v) is 17.8. The molecule has 67 heavy (non-hydrogen) atoms. The van der Waals surface area contributed by atoms with E-state index in [0.717, 1.165) is 83.4 Å². The molecule has 0 aliphatic rings. The molecule has 0 saturated heterocycles. The smallest absolute Gasteiger partial charge is 0.160 e. The maximum absolute atomic E-state index is 5.46. The molecule has 0 fully saturated rings. The summed E-state index contributed by atoms with van der Waals surface area (Å²) in [4.78, 5) is 17.0. The van der Waals surface area contributed by atoms with Crippen LogP contribution in [-0.4, -0.2) is 15.0 Å². The first kappa shape index (κ1) is 40.0. The minimum absolute atomic E-state index is 0.689. The Kier molecular flexibility index (Phi) is 10.4. The van der Waals surface area contributed by atoms with Gasteiger partial charge in [0.2, 0.25) is 0 Å². The highest BCUT2D eigenvalue weighted by Gasteiger charge is 2.24. The van der Waals surface area contributed by atoms with Crippen LogP contribution in [0.2, 0.25) is 0 Å². The average Bonchev–Trinajstić information content (AvgIpc) is 3.83. The van der Waals surface area contributed by atoms with E-state index in [0.29, 0.717) is 5.82 Å². The zero-order valence-corrected chi connectivity index (χ0v) is 37.2. The van der Waals surface area contributed by atoms with Crippen molar-refractivity contribution >= 4 is 32.3 Å². The highest BCUT2D eigenvalue weighted by Crippen LogP contribution is 2.51. The normalized spacial score (nSPS) is 11.3. The van der Waals surface area contributed by atoms with E-state index >= 15 is 0 Å². The lowest BCUT2D eigenvalue weighted by atomic mass is 9.90. The van der Waals surface area contributed by atoms with Crippen molar-refractivity contribution in [2.45, 2.75) is 0 Å². The lowest BCUT2D eigenvalue weighted by Gasteiger charge is -2.15. The van der Waals surface area contributed by atoms with Gasteiger partial charge in [-0.3, -0.25) is 0 Å². The molecule has 0 radical (unpaired) electrons. The van der Waals surface area contributed by atoms with Gasteiger partial charge in [-0.25, -0.2) is 15.0 Å². The van der Waals surface area contributed by atoms with Gasteiger partial charge < -0.3 is 0 Å². The molecule has 9 aromatic carbocycles. The summed E-state index contributed by atoms with van der Waals surface area (Å²) in [6.45, 7) is 0. The zero-order valence-electron chi connectivity index (χ0n) is 36.4. The first-order valence-electron chi connectivity index (χ1n) is 22.6. The van der Waals surface area contributed by atoms with E-state index in [1.54, 1.807) is 0 Å². The summed E-state index contributed by atoms with van der Waals surface area (Å²) < 4.78 is 1.22. The molecule has 3 aromatic heterocycles. The summed E-state index contributed by atoms with van der Waals surface area (Å²) in [6.07, 6.45) is 0. The maximum atomic E-state index is 5.46. The molecule has 12 aromatic rings. The minimum Gasteiger partial charge on any atom is -0.247 e. The highest BCUT2D eigenvalue weighted by molar-refractivity contribution is 7.24. The molecule has 0 amide bonds. The predicted molar refractivity (Wildman–Crippen MR) is 282 cm³/mol. The number of nitrogens with zero attached hydrogens (tertiary/aromatic N) is 3. The summed E-state index contributed by atoms with van der Waals surface area (Å²) in [5, 5.41) is 2.30. The third-order valence-electron chi connectivity index (χ3n) is 12.5. The minimum atomic E-state index is 0.689. The molecular formula is C63H41N3S. The van der Waals surface area contributed by atoms with Gasteiger partial charge in [-0.2, -0.15) is 0 Å². The molecule has 0 aliphatic carbocycles. The molecule has 0 N–H and O–H groups in total. The molecule has 3 heterocycles. The molecule has 12 rings (SSSR count). The van der Waals surface area contributed by atoms with Crippen LogP contribution in [-0.2, 0) is 0 Å². The molecule has 0 aliphatic heterocycles. The molecular weight excluding hydrogens is 831 g/mol. The molecule has 4 heteroatoms. The number of aromatic nitrogens is 3. The monoisotopic (exact) mass is 871 g/mol. The van der Waals surface area contributed by atoms with Crippen molar-refractivity contribution in [3.63, 3.8) is 0 Å². The Balaban J connectivity index is 1.07. The van der Waals surface area contributed by atoms with Gasteiger partial charge in [0, 0.05) is 48.2 Å². The largest absolute Gasteiger partial charge is 0.247 e. The summed E-state index contributed by atoms with van der Waals surface area (Å²) >= 11 is 1.85. The van der Waals surface area contributed by atoms with E-state index in [4.69, 9.17) is 15.0 Å². The summed E-state index contributed by atoms with van der Waals surface area (Å²) in [7, 11) is 0. The topological polar surface area (TPSA) is 38.7 Å². The van der Waals surface area contributed by atoms with Crippen molar-refractivity contribution in [2.75, 3.05) is 0 Å². The Hall–Kier alpha value is -8.57.